The number of amides is 4. The van der Waals surface area contributed by atoms with Crippen LogP contribution in [0.5, 0.6) is 0 Å². The van der Waals surface area contributed by atoms with Gasteiger partial charge in [0.15, 0.2) is 0 Å². The second-order valence-corrected chi connectivity index (χ2v) is 20.7. The number of imide groups is 1. The molecule has 0 saturated heterocycles. The van der Waals surface area contributed by atoms with E-state index in [1.807, 2.05) is 55.7 Å². The minimum atomic E-state index is -5.08. The van der Waals surface area contributed by atoms with Gasteiger partial charge in [-0.2, -0.15) is 24.9 Å². The van der Waals surface area contributed by atoms with Gasteiger partial charge in [-0.05, 0) is 48.6 Å². The van der Waals surface area contributed by atoms with Crippen LogP contribution in [-0.2, 0) is 73.2 Å². The van der Waals surface area contributed by atoms with E-state index in [-0.39, 0.29) is 72.4 Å². The van der Waals surface area contributed by atoms with Crippen LogP contribution >= 0.6 is 11.8 Å². The minimum Gasteiger partial charge on any atom is -0.475 e. The zero-order chi connectivity index (χ0) is 61.6. The Labute approximate surface area is 491 Å². The zero-order valence-electron chi connectivity index (χ0n) is 48.1. The number of nitrogens with two attached hydrogens (primary N) is 1. The number of imidazole rings is 1. The number of Topliss-reactive ketones (excluding diaryl/α,β-unsaturated/α-hetero) is 1. The summed E-state index contributed by atoms with van der Waals surface area (Å²) < 4.78 is 107. The Morgan fingerprint density at radius 3 is 1.73 bits per heavy atom. The van der Waals surface area contributed by atoms with E-state index in [9.17, 15) is 41.5 Å². The first kappa shape index (κ1) is 72.5. The lowest BCUT2D eigenvalue weighted by atomic mass is 9.84. The van der Waals surface area contributed by atoms with Crippen LogP contribution in [0.1, 0.15) is 70.3 Å². The van der Waals surface area contributed by atoms with Gasteiger partial charge in [-0.15, -0.1) is 0 Å². The van der Waals surface area contributed by atoms with Gasteiger partial charge in [-0.1, -0.05) is 51.1 Å². The van der Waals surface area contributed by atoms with Crippen LogP contribution in [-0.4, -0.2) is 209 Å². The number of halogens is 5. The van der Waals surface area contributed by atoms with E-state index in [4.69, 9.17) is 58.5 Å². The number of carboxylic acids is 1. The number of rotatable bonds is 44. The zero-order valence-corrected chi connectivity index (χ0v) is 48.9. The summed E-state index contributed by atoms with van der Waals surface area (Å²) in [5.74, 6) is -3.78. The summed E-state index contributed by atoms with van der Waals surface area (Å²) in [6.07, 6.45) is 0.817. The number of carbonyl (C=O) groups excluding carboxylic acids is 5. The summed E-state index contributed by atoms with van der Waals surface area (Å²) in [5, 5.41) is 10.0. The third-order valence-electron chi connectivity index (χ3n) is 11.9. The molecule has 0 spiro atoms. The number of hydrogen-bond donors (Lipinski definition) is 3. The molecule has 470 valence electrons. The van der Waals surface area contributed by atoms with Crippen molar-refractivity contribution in [2.24, 2.45) is 11.1 Å². The number of ether oxygens (including phenoxy) is 8. The standard InChI is InChI=1S/C55H80F2N6O13S.C2HF3O2/c1-55(2,3)53(54-60-48(46-39-44(56)12-13-47(46)57)41-61(54)40-43-9-5-4-6-10-43)63(20-8-18-58)52(68)42-77-38-19-59-49(65)17-23-70-25-27-72-29-31-74-33-35-76-37-36-75-34-32-73-30-28-71-26-24-69-22-7-11-45(64)16-21-62-50(66)14-15-51(62)67;3-2(4,5)1(6)7/h4-6,9-10,12-15,39,41,53H,7-8,11,16-38,40,42,58H2,1-3H3,(H,59,65);(H,6,7). The third-order valence-corrected chi connectivity index (χ3v) is 12.8. The molecular formula is C57H81F5N6O15S. The van der Waals surface area contributed by atoms with E-state index in [0.29, 0.717) is 156 Å². The predicted octanol–water partition coefficient (Wildman–Crippen LogP) is 5.81. The number of ketones is 1. The number of alkyl halides is 3. The number of carboxylic acid groups (broad SMARTS) is 1. The molecular weight excluding hydrogens is 1140 g/mol. The van der Waals surface area contributed by atoms with Gasteiger partial charge in [0.05, 0.1) is 117 Å². The lowest BCUT2D eigenvalue weighted by Gasteiger charge is -2.40. The SMILES string of the molecule is CC(C)(C)C(c1nc(-c2cc(F)ccc2F)cn1Cc1ccccc1)N(CCCN)C(=O)CSCCNC(=O)CCOCCOCCOCCOCCOCCOCCOCCOCCCC(=O)CCN1C(=O)C=CC1=O.O=C(O)C(F)(F)F. The average Bonchev–Trinajstić information content (AvgIpc) is 2.21. The van der Waals surface area contributed by atoms with Crippen molar-refractivity contribution in [3.05, 3.63) is 89.9 Å². The molecule has 3 aromatic rings. The largest absolute Gasteiger partial charge is 0.490 e. The summed E-state index contributed by atoms with van der Waals surface area (Å²) in [5.41, 5.74) is 6.72. The first-order valence-corrected chi connectivity index (χ1v) is 28.8. The Morgan fingerprint density at radius 1 is 0.714 bits per heavy atom. The molecule has 0 bridgehead atoms. The van der Waals surface area contributed by atoms with E-state index < -0.39 is 35.2 Å². The fourth-order valence-electron chi connectivity index (χ4n) is 7.82. The van der Waals surface area contributed by atoms with Crippen molar-refractivity contribution in [1.82, 2.24) is 24.7 Å². The highest BCUT2D eigenvalue weighted by Gasteiger charge is 2.39. The maximum atomic E-state index is 15.1. The van der Waals surface area contributed by atoms with Gasteiger partial charge >= 0.3 is 12.1 Å². The Bertz CT molecular complexity index is 2430. The molecule has 2 heterocycles. The van der Waals surface area contributed by atoms with Crippen LogP contribution in [0.3, 0.4) is 0 Å². The van der Waals surface area contributed by atoms with Crippen molar-refractivity contribution in [3.63, 3.8) is 0 Å². The lowest BCUT2D eigenvalue weighted by molar-refractivity contribution is -0.192. The molecule has 1 atom stereocenters. The summed E-state index contributed by atoms with van der Waals surface area (Å²) >= 11 is 1.41. The monoisotopic (exact) mass is 1220 g/mol. The van der Waals surface area contributed by atoms with Crippen molar-refractivity contribution in [3.8, 4) is 11.3 Å². The molecule has 0 fully saturated rings. The van der Waals surface area contributed by atoms with Gasteiger partial charge in [-0.25, -0.2) is 18.6 Å². The van der Waals surface area contributed by atoms with Gasteiger partial charge in [0.25, 0.3) is 11.8 Å². The fourth-order valence-corrected chi connectivity index (χ4v) is 8.55. The number of nitrogens with one attached hydrogen (secondary N) is 1. The summed E-state index contributed by atoms with van der Waals surface area (Å²) in [7, 11) is 0. The number of carbonyl (C=O) groups is 6. The molecule has 1 aliphatic rings. The number of hydrogen-bond acceptors (Lipinski definition) is 17. The Kier molecular flexibility index (Phi) is 35.7. The topological polar surface area (TPSA) is 259 Å². The van der Waals surface area contributed by atoms with Crippen LogP contribution in [0.25, 0.3) is 11.3 Å². The van der Waals surface area contributed by atoms with Crippen LogP contribution in [0.2, 0.25) is 0 Å². The maximum Gasteiger partial charge on any atom is 0.490 e. The van der Waals surface area contributed by atoms with E-state index >= 15 is 4.39 Å². The Balaban J connectivity index is 0.00000247. The molecule has 84 heavy (non-hydrogen) atoms. The molecule has 4 N–H and O–H groups in total. The predicted molar refractivity (Wildman–Crippen MR) is 301 cm³/mol. The van der Waals surface area contributed by atoms with Crippen molar-refractivity contribution < 1.29 is 93.7 Å². The van der Waals surface area contributed by atoms with E-state index in [2.05, 4.69) is 5.32 Å². The highest BCUT2D eigenvalue weighted by Crippen LogP contribution is 2.40. The number of nitrogens with zero attached hydrogens (tertiary/aromatic N) is 4. The maximum absolute atomic E-state index is 15.1. The minimum absolute atomic E-state index is 0.0186. The number of aliphatic carboxylic acids is 1. The summed E-state index contributed by atoms with van der Waals surface area (Å²) in [6, 6.07) is 12.5. The second-order valence-electron chi connectivity index (χ2n) is 19.6. The van der Waals surface area contributed by atoms with Crippen LogP contribution in [0.4, 0.5) is 22.0 Å². The van der Waals surface area contributed by atoms with E-state index in [0.717, 1.165) is 28.7 Å². The van der Waals surface area contributed by atoms with Crippen molar-refractivity contribution in [2.45, 2.75) is 71.6 Å². The van der Waals surface area contributed by atoms with Crippen molar-refractivity contribution in [2.75, 3.05) is 143 Å². The number of thioether (sulfide) groups is 1. The molecule has 21 nitrogen and oxygen atoms in total. The molecule has 1 aliphatic heterocycles. The van der Waals surface area contributed by atoms with Crippen molar-refractivity contribution >= 4 is 47.1 Å². The Hall–Kier alpha value is -5.75. The highest BCUT2D eigenvalue weighted by molar-refractivity contribution is 7.99. The van der Waals surface area contributed by atoms with Crippen molar-refractivity contribution in [1.29, 1.82) is 0 Å². The van der Waals surface area contributed by atoms with Gasteiger partial charge in [0.1, 0.15) is 23.2 Å². The molecule has 4 amide bonds. The fraction of sp³-hybridized carbons (Fsp3) is 0.596. The molecule has 1 unspecified atom stereocenters. The van der Waals surface area contributed by atoms with Gasteiger partial charge in [-0.3, -0.25) is 28.9 Å². The molecule has 0 aliphatic carbocycles. The van der Waals surface area contributed by atoms with Crippen LogP contribution < -0.4 is 11.1 Å². The van der Waals surface area contributed by atoms with E-state index in [1.165, 1.54) is 23.9 Å². The smallest absolute Gasteiger partial charge is 0.475 e. The Morgan fingerprint density at radius 2 is 1.23 bits per heavy atom. The van der Waals surface area contributed by atoms with Crippen LogP contribution in [0, 0.1) is 17.0 Å². The molecule has 0 radical (unpaired) electrons. The first-order valence-electron chi connectivity index (χ1n) is 27.6. The average molecular weight is 1220 g/mol. The van der Waals surface area contributed by atoms with Crippen LogP contribution in [0.15, 0.2) is 66.9 Å². The molecule has 4 rings (SSSR count). The van der Waals surface area contributed by atoms with Gasteiger partial charge in [0.2, 0.25) is 11.8 Å². The first-order chi connectivity index (χ1) is 40.2. The molecule has 27 heteroatoms. The number of aromatic nitrogens is 2. The molecule has 1 aromatic heterocycles. The summed E-state index contributed by atoms with van der Waals surface area (Å²) in [4.78, 5) is 78.3. The van der Waals surface area contributed by atoms with Gasteiger partial charge < -0.3 is 63.5 Å². The molecule has 0 saturated carbocycles. The summed E-state index contributed by atoms with van der Waals surface area (Å²) in [6.45, 7) is 14.1. The van der Waals surface area contributed by atoms with Gasteiger partial charge in [0, 0.05) is 81.7 Å². The lowest BCUT2D eigenvalue weighted by Crippen LogP contribution is -2.44. The second kappa shape index (κ2) is 41.3. The highest BCUT2D eigenvalue weighted by atomic mass is 32.2. The normalized spacial score (nSPS) is 12.8. The third kappa shape index (κ3) is 30.4. The van der Waals surface area contributed by atoms with E-state index in [1.54, 1.807) is 11.1 Å². The molecule has 2 aromatic carbocycles. The quantitative estimate of drug-likeness (QED) is 0.0343. The number of benzene rings is 2.